The Balaban J connectivity index is 2.45. The van der Waals surface area contributed by atoms with Gasteiger partial charge in [-0.1, -0.05) is 54.6 Å². The van der Waals surface area contributed by atoms with Crippen LogP contribution in [0.25, 0.3) is 11.1 Å². The second kappa shape index (κ2) is 5.21. The summed E-state index contributed by atoms with van der Waals surface area (Å²) >= 11 is 0. The van der Waals surface area contributed by atoms with Crippen molar-refractivity contribution in [3.05, 3.63) is 60.2 Å². The monoisotopic (exact) mass is 295 g/mol. The van der Waals surface area contributed by atoms with Crippen molar-refractivity contribution in [1.29, 1.82) is 0 Å². The summed E-state index contributed by atoms with van der Waals surface area (Å²) in [4.78, 5) is 11.0. The van der Waals surface area contributed by atoms with E-state index < -0.39 is 23.2 Å². The van der Waals surface area contributed by atoms with Crippen LogP contribution in [0.2, 0.25) is 0 Å². The van der Waals surface area contributed by atoms with Gasteiger partial charge < -0.3 is 10.8 Å². The minimum absolute atomic E-state index is 0.512. The third kappa shape index (κ3) is 2.62. The Bertz CT molecular complexity index is 638. The van der Waals surface area contributed by atoms with Crippen LogP contribution in [0, 0.1) is 0 Å². The molecular formula is C15H12F3NO2. The van der Waals surface area contributed by atoms with Gasteiger partial charge in [0.2, 0.25) is 5.54 Å². The van der Waals surface area contributed by atoms with Crippen molar-refractivity contribution >= 4 is 5.97 Å². The van der Waals surface area contributed by atoms with E-state index in [0.717, 1.165) is 17.7 Å². The summed E-state index contributed by atoms with van der Waals surface area (Å²) in [5.74, 6) is -2.14. The number of carboxylic acids is 1. The molecule has 0 amide bonds. The number of hydrogen-bond acceptors (Lipinski definition) is 2. The highest BCUT2D eigenvalue weighted by Gasteiger charge is 2.59. The van der Waals surface area contributed by atoms with Gasteiger partial charge in [0.1, 0.15) is 0 Å². The molecule has 0 saturated carbocycles. The van der Waals surface area contributed by atoms with Crippen LogP contribution in [0.15, 0.2) is 54.6 Å². The largest absolute Gasteiger partial charge is 0.479 e. The van der Waals surface area contributed by atoms with E-state index in [0.29, 0.717) is 5.56 Å². The number of aliphatic carboxylic acids is 1. The number of nitrogens with two attached hydrogens (primary N) is 1. The molecule has 3 nitrogen and oxygen atoms in total. The van der Waals surface area contributed by atoms with Crippen molar-refractivity contribution in [2.75, 3.05) is 0 Å². The Morgan fingerprint density at radius 3 is 1.81 bits per heavy atom. The maximum absolute atomic E-state index is 13.0. The molecule has 0 heterocycles. The minimum atomic E-state index is -5.09. The molecule has 2 aromatic carbocycles. The van der Waals surface area contributed by atoms with Crippen molar-refractivity contribution in [2.24, 2.45) is 5.73 Å². The van der Waals surface area contributed by atoms with Crippen LogP contribution in [0.4, 0.5) is 13.2 Å². The number of halogens is 3. The molecule has 0 aliphatic rings. The molecule has 2 aromatic rings. The zero-order valence-electron chi connectivity index (χ0n) is 10.8. The lowest BCUT2D eigenvalue weighted by atomic mass is 9.89. The maximum Gasteiger partial charge on any atom is 0.421 e. The molecule has 1 atom stereocenters. The highest BCUT2D eigenvalue weighted by molar-refractivity contribution is 5.82. The lowest BCUT2D eigenvalue weighted by Crippen LogP contribution is -2.56. The van der Waals surface area contributed by atoms with Gasteiger partial charge in [-0.3, -0.25) is 0 Å². The summed E-state index contributed by atoms with van der Waals surface area (Å²) in [6.45, 7) is 0. The van der Waals surface area contributed by atoms with E-state index in [2.05, 4.69) is 0 Å². The summed E-state index contributed by atoms with van der Waals surface area (Å²) in [6, 6.07) is 14.0. The van der Waals surface area contributed by atoms with E-state index in [1.807, 2.05) is 6.07 Å². The molecule has 0 saturated heterocycles. The highest BCUT2D eigenvalue weighted by Crippen LogP contribution is 2.37. The maximum atomic E-state index is 13.0. The molecule has 0 aliphatic carbocycles. The fraction of sp³-hybridized carbons (Fsp3) is 0.133. The predicted molar refractivity (Wildman–Crippen MR) is 71.4 cm³/mol. The topological polar surface area (TPSA) is 63.3 Å². The Morgan fingerprint density at radius 2 is 1.38 bits per heavy atom. The zero-order valence-corrected chi connectivity index (χ0v) is 10.8. The number of benzene rings is 2. The molecule has 6 heteroatoms. The SMILES string of the molecule is NC(C(=O)O)(c1ccc(-c2ccccc2)cc1)C(F)(F)F. The Labute approximate surface area is 118 Å². The molecule has 0 spiro atoms. The van der Waals surface area contributed by atoms with Gasteiger partial charge in [-0.2, -0.15) is 13.2 Å². The van der Waals surface area contributed by atoms with E-state index in [1.165, 1.54) is 12.1 Å². The van der Waals surface area contributed by atoms with Crippen LogP contribution in [0.3, 0.4) is 0 Å². The van der Waals surface area contributed by atoms with Crippen molar-refractivity contribution in [2.45, 2.75) is 11.7 Å². The van der Waals surface area contributed by atoms with E-state index in [-0.39, 0.29) is 0 Å². The molecular weight excluding hydrogens is 283 g/mol. The van der Waals surface area contributed by atoms with Crippen LogP contribution in [-0.4, -0.2) is 17.3 Å². The number of carbonyl (C=O) groups is 1. The lowest BCUT2D eigenvalue weighted by molar-refractivity contribution is -0.204. The fourth-order valence-corrected chi connectivity index (χ4v) is 1.96. The quantitative estimate of drug-likeness (QED) is 0.914. The van der Waals surface area contributed by atoms with Gasteiger partial charge in [-0.15, -0.1) is 0 Å². The molecule has 1 unspecified atom stereocenters. The first-order valence-electron chi connectivity index (χ1n) is 6.02. The van der Waals surface area contributed by atoms with Crippen molar-refractivity contribution < 1.29 is 23.1 Å². The van der Waals surface area contributed by atoms with E-state index in [9.17, 15) is 18.0 Å². The average Bonchev–Trinajstić information content (AvgIpc) is 2.46. The second-order valence-corrected chi connectivity index (χ2v) is 4.55. The zero-order chi connectivity index (χ0) is 15.7. The first-order chi connectivity index (χ1) is 9.76. The number of hydrogen-bond donors (Lipinski definition) is 2. The summed E-state index contributed by atoms with van der Waals surface area (Å²) in [5, 5.41) is 8.86. The summed E-state index contributed by atoms with van der Waals surface area (Å²) in [6.07, 6.45) is -5.09. The van der Waals surface area contributed by atoms with Crippen molar-refractivity contribution in [1.82, 2.24) is 0 Å². The van der Waals surface area contributed by atoms with Crippen LogP contribution >= 0.6 is 0 Å². The summed E-state index contributed by atoms with van der Waals surface area (Å²) in [5.41, 5.74) is 2.67. The van der Waals surface area contributed by atoms with Crippen LogP contribution in [0.5, 0.6) is 0 Å². The number of rotatable bonds is 3. The molecule has 0 bridgehead atoms. The van der Waals surface area contributed by atoms with Gasteiger partial charge in [-0.25, -0.2) is 4.79 Å². The van der Waals surface area contributed by atoms with Crippen molar-refractivity contribution in [3.63, 3.8) is 0 Å². The van der Waals surface area contributed by atoms with Gasteiger partial charge in [0, 0.05) is 0 Å². The molecule has 0 aliphatic heterocycles. The molecule has 21 heavy (non-hydrogen) atoms. The average molecular weight is 295 g/mol. The minimum Gasteiger partial charge on any atom is -0.479 e. The van der Waals surface area contributed by atoms with Gasteiger partial charge in [0.15, 0.2) is 0 Å². The van der Waals surface area contributed by atoms with Gasteiger partial charge in [0.05, 0.1) is 0 Å². The Hall–Kier alpha value is -2.34. The van der Waals surface area contributed by atoms with Crippen LogP contribution in [-0.2, 0) is 10.3 Å². The van der Waals surface area contributed by atoms with Crippen LogP contribution in [0.1, 0.15) is 5.56 Å². The Morgan fingerprint density at radius 1 is 0.905 bits per heavy atom. The summed E-state index contributed by atoms with van der Waals surface area (Å²) in [7, 11) is 0. The molecule has 0 radical (unpaired) electrons. The smallest absolute Gasteiger partial charge is 0.421 e. The molecule has 110 valence electrons. The molecule has 0 fully saturated rings. The Kier molecular flexibility index (Phi) is 3.74. The third-order valence-corrected chi connectivity index (χ3v) is 3.23. The molecule has 0 aromatic heterocycles. The van der Waals surface area contributed by atoms with E-state index >= 15 is 0 Å². The van der Waals surface area contributed by atoms with E-state index in [1.54, 1.807) is 24.3 Å². The first kappa shape index (κ1) is 15.1. The third-order valence-electron chi connectivity index (χ3n) is 3.23. The highest BCUT2D eigenvalue weighted by atomic mass is 19.4. The van der Waals surface area contributed by atoms with Crippen molar-refractivity contribution in [3.8, 4) is 11.1 Å². The molecule has 3 N–H and O–H groups in total. The van der Waals surface area contributed by atoms with Gasteiger partial charge in [-0.05, 0) is 16.7 Å². The van der Waals surface area contributed by atoms with E-state index in [4.69, 9.17) is 10.8 Å². The first-order valence-corrected chi connectivity index (χ1v) is 6.02. The standard InChI is InChI=1S/C15H12F3NO2/c16-15(17,18)14(19,13(20)21)12-8-6-11(7-9-12)10-4-2-1-3-5-10/h1-9H,19H2,(H,20,21). The van der Waals surface area contributed by atoms with Gasteiger partial charge >= 0.3 is 12.1 Å². The predicted octanol–water partition coefficient (Wildman–Crippen LogP) is 3.15. The molecule has 2 rings (SSSR count). The van der Waals surface area contributed by atoms with Gasteiger partial charge in [0.25, 0.3) is 0 Å². The second-order valence-electron chi connectivity index (χ2n) is 4.55. The normalized spacial score (nSPS) is 14.5. The van der Waals surface area contributed by atoms with Crippen LogP contribution < -0.4 is 5.73 Å². The lowest BCUT2D eigenvalue weighted by Gasteiger charge is -2.27. The summed E-state index contributed by atoms with van der Waals surface area (Å²) < 4.78 is 38.9. The number of carboxylic acid groups (broad SMARTS) is 1. The fourth-order valence-electron chi connectivity index (χ4n) is 1.96. The number of alkyl halides is 3.